The molecule has 0 aromatic heterocycles. The Kier molecular flexibility index (Phi) is 4.23. The molecule has 1 atom stereocenters. The standard InChI is InChI=1S/C12H16ClN3O/c13-9-3-1-4-10(7-9)15-12(17)16-11-5-2-6-14-8-11/h1,3-4,7,11,14H,2,5-6,8H2,(H2,15,16,17)/t11-/m1/s1. The van der Waals surface area contributed by atoms with Crippen molar-refractivity contribution in [3.63, 3.8) is 0 Å². The molecule has 0 bridgehead atoms. The van der Waals surface area contributed by atoms with Gasteiger partial charge in [-0.2, -0.15) is 0 Å². The van der Waals surface area contributed by atoms with Gasteiger partial charge in [-0.1, -0.05) is 17.7 Å². The summed E-state index contributed by atoms with van der Waals surface area (Å²) in [6, 6.07) is 7.14. The Hall–Kier alpha value is -1.26. The first-order valence-electron chi connectivity index (χ1n) is 5.78. The van der Waals surface area contributed by atoms with Crippen LogP contribution in [0.2, 0.25) is 5.02 Å². The summed E-state index contributed by atoms with van der Waals surface area (Å²) in [7, 11) is 0. The smallest absolute Gasteiger partial charge is 0.319 e. The number of rotatable bonds is 2. The largest absolute Gasteiger partial charge is 0.334 e. The fraction of sp³-hybridized carbons (Fsp3) is 0.417. The summed E-state index contributed by atoms with van der Waals surface area (Å²) in [6.45, 7) is 1.87. The predicted octanol–water partition coefficient (Wildman–Crippen LogP) is 2.21. The lowest BCUT2D eigenvalue weighted by molar-refractivity contribution is 0.245. The first kappa shape index (κ1) is 12.2. The van der Waals surface area contributed by atoms with Gasteiger partial charge in [0, 0.05) is 23.3 Å². The molecule has 4 nitrogen and oxygen atoms in total. The molecule has 3 N–H and O–H groups in total. The van der Waals surface area contributed by atoms with E-state index in [1.54, 1.807) is 18.2 Å². The lowest BCUT2D eigenvalue weighted by Gasteiger charge is -2.23. The van der Waals surface area contributed by atoms with E-state index in [1.165, 1.54) is 0 Å². The fourth-order valence-electron chi connectivity index (χ4n) is 1.89. The molecule has 0 spiro atoms. The van der Waals surface area contributed by atoms with Gasteiger partial charge in [0.25, 0.3) is 0 Å². The molecular formula is C12H16ClN3O. The number of hydrogen-bond acceptors (Lipinski definition) is 2. The molecule has 1 aromatic rings. The van der Waals surface area contributed by atoms with E-state index in [2.05, 4.69) is 16.0 Å². The van der Waals surface area contributed by atoms with Crippen molar-refractivity contribution in [2.45, 2.75) is 18.9 Å². The molecule has 1 aromatic carbocycles. The van der Waals surface area contributed by atoms with Crippen molar-refractivity contribution in [3.8, 4) is 0 Å². The number of amides is 2. The van der Waals surface area contributed by atoms with Crippen LogP contribution < -0.4 is 16.0 Å². The lowest BCUT2D eigenvalue weighted by atomic mass is 10.1. The molecule has 0 unspecified atom stereocenters. The topological polar surface area (TPSA) is 53.2 Å². The van der Waals surface area contributed by atoms with Crippen molar-refractivity contribution in [1.29, 1.82) is 0 Å². The van der Waals surface area contributed by atoms with Crippen molar-refractivity contribution in [2.75, 3.05) is 18.4 Å². The van der Waals surface area contributed by atoms with Gasteiger partial charge in [-0.05, 0) is 37.6 Å². The van der Waals surface area contributed by atoms with Crippen LogP contribution in [0.3, 0.4) is 0 Å². The zero-order valence-corrected chi connectivity index (χ0v) is 10.3. The first-order chi connectivity index (χ1) is 8.24. The number of carbonyl (C=O) groups is 1. The maximum absolute atomic E-state index is 11.7. The summed E-state index contributed by atoms with van der Waals surface area (Å²) >= 11 is 5.84. The van der Waals surface area contributed by atoms with Gasteiger partial charge < -0.3 is 16.0 Å². The predicted molar refractivity (Wildman–Crippen MR) is 69.5 cm³/mol. The highest BCUT2D eigenvalue weighted by atomic mass is 35.5. The maximum atomic E-state index is 11.7. The Morgan fingerprint density at radius 3 is 3.06 bits per heavy atom. The van der Waals surface area contributed by atoms with Crippen LogP contribution in [-0.4, -0.2) is 25.2 Å². The van der Waals surface area contributed by atoms with Gasteiger partial charge in [-0.3, -0.25) is 0 Å². The highest BCUT2D eigenvalue weighted by Crippen LogP contribution is 2.14. The molecule has 0 saturated carbocycles. The Morgan fingerprint density at radius 2 is 2.35 bits per heavy atom. The van der Waals surface area contributed by atoms with Crippen LogP contribution in [0.4, 0.5) is 10.5 Å². The van der Waals surface area contributed by atoms with Crippen LogP contribution in [0.1, 0.15) is 12.8 Å². The van der Waals surface area contributed by atoms with E-state index in [-0.39, 0.29) is 12.1 Å². The van der Waals surface area contributed by atoms with Gasteiger partial charge in [-0.15, -0.1) is 0 Å². The third-order valence-electron chi connectivity index (χ3n) is 2.71. The van der Waals surface area contributed by atoms with E-state index in [9.17, 15) is 4.79 Å². The minimum Gasteiger partial charge on any atom is -0.334 e. The van der Waals surface area contributed by atoms with E-state index in [4.69, 9.17) is 11.6 Å². The van der Waals surface area contributed by atoms with Crippen molar-refractivity contribution in [3.05, 3.63) is 29.3 Å². The van der Waals surface area contributed by atoms with Crippen molar-refractivity contribution < 1.29 is 4.79 Å². The van der Waals surface area contributed by atoms with Gasteiger partial charge in [0.2, 0.25) is 0 Å². The average Bonchev–Trinajstić information content (AvgIpc) is 2.30. The fourth-order valence-corrected chi connectivity index (χ4v) is 2.08. The summed E-state index contributed by atoms with van der Waals surface area (Å²) in [4.78, 5) is 11.7. The Morgan fingerprint density at radius 1 is 1.47 bits per heavy atom. The van der Waals surface area contributed by atoms with Crippen LogP contribution in [0.15, 0.2) is 24.3 Å². The third kappa shape index (κ3) is 3.91. The quantitative estimate of drug-likeness (QED) is 0.757. The van der Waals surface area contributed by atoms with Crippen LogP contribution in [-0.2, 0) is 0 Å². The number of benzene rings is 1. The normalized spacial score (nSPS) is 19.7. The minimum atomic E-state index is -0.180. The van der Waals surface area contributed by atoms with Crippen LogP contribution in [0.5, 0.6) is 0 Å². The average molecular weight is 254 g/mol. The summed E-state index contributed by atoms with van der Waals surface area (Å²) in [5.74, 6) is 0. The van der Waals surface area contributed by atoms with Gasteiger partial charge in [0.15, 0.2) is 0 Å². The Balaban J connectivity index is 1.84. The van der Waals surface area contributed by atoms with Crippen LogP contribution in [0, 0.1) is 0 Å². The van der Waals surface area contributed by atoms with Gasteiger partial charge in [-0.25, -0.2) is 4.79 Å². The number of hydrogen-bond donors (Lipinski definition) is 3. The van der Waals surface area contributed by atoms with Crippen molar-refractivity contribution in [2.24, 2.45) is 0 Å². The van der Waals surface area contributed by atoms with Crippen LogP contribution >= 0.6 is 11.6 Å². The zero-order chi connectivity index (χ0) is 12.1. The second-order valence-corrected chi connectivity index (χ2v) is 4.59. The first-order valence-corrected chi connectivity index (χ1v) is 6.15. The Labute approximate surface area is 106 Å². The molecule has 0 radical (unpaired) electrons. The summed E-state index contributed by atoms with van der Waals surface area (Å²) in [5.41, 5.74) is 0.707. The van der Waals surface area contributed by atoms with E-state index >= 15 is 0 Å². The van der Waals surface area contributed by atoms with Gasteiger partial charge in [0.05, 0.1) is 0 Å². The molecule has 1 aliphatic rings. The van der Waals surface area contributed by atoms with Crippen molar-refractivity contribution >= 4 is 23.3 Å². The summed E-state index contributed by atoms with van der Waals surface area (Å²) in [5, 5.41) is 9.56. The second-order valence-electron chi connectivity index (χ2n) is 4.15. The molecule has 5 heteroatoms. The number of urea groups is 1. The highest BCUT2D eigenvalue weighted by molar-refractivity contribution is 6.30. The maximum Gasteiger partial charge on any atom is 0.319 e. The third-order valence-corrected chi connectivity index (χ3v) is 2.95. The second kappa shape index (κ2) is 5.89. The molecular weight excluding hydrogens is 238 g/mol. The van der Waals surface area contributed by atoms with Crippen LogP contribution in [0.25, 0.3) is 0 Å². The minimum absolute atomic E-state index is 0.180. The number of nitrogens with one attached hydrogen (secondary N) is 3. The summed E-state index contributed by atoms with van der Waals surface area (Å²) < 4.78 is 0. The SMILES string of the molecule is O=C(Nc1cccc(Cl)c1)N[C@@H]1CCCNC1. The highest BCUT2D eigenvalue weighted by Gasteiger charge is 2.14. The zero-order valence-electron chi connectivity index (χ0n) is 9.50. The number of piperidine rings is 1. The Bertz CT molecular complexity index is 391. The lowest BCUT2D eigenvalue weighted by Crippen LogP contribution is -2.47. The number of anilines is 1. The molecule has 1 fully saturated rings. The van der Waals surface area contributed by atoms with E-state index < -0.39 is 0 Å². The molecule has 1 saturated heterocycles. The number of halogens is 1. The van der Waals surface area contributed by atoms with E-state index in [1.807, 2.05) is 6.07 Å². The summed E-state index contributed by atoms with van der Waals surface area (Å²) in [6.07, 6.45) is 2.12. The molecule has 2 rings (SSSR count). The monoisotopic (exact) mass is 253 g/mol. The van der Waals surface area contributed by atoms with Gasteiger partial charge in [0.1, 0.15) is 0 Å². The number of carbonyl (C=O) groups excluding carboxylic acids is 1. The van der Waals surface area contributed by atoms with E-state index in [0.717, 1.165) is 25.9 Å². The molecule has 17 heavy (non-hydrogen) atoms. The van der Waals surface area contributed by atoms with E-state index in [0.29, 0.717) is 10.7 Å². The van der Waals surface area contributed by atoms with Gasteiger partial charge >= 0.3 is 6.03 Å². The molecule has 0 aliphatic carbocycles. The molecule has 92 valence electrons. The van der Waals surface area contributed by atoms with Crippen molar-refractivity contribution in [1.82, 2.24) is 10.6 Å². The molecule has 2 amide bonds. The molecule has 1 heterocycles. The molecule has 1 aliphatic heterocycles.